The lowest BCUT2D eigenvalue weighted by Gasteiger charge is -2.42. The fourth-order valence-corrected chi connectivity index (χ4v) is 5.81. The number of aryl methyl sites for hydroxylation is 1. The van der Waals surface area contributed by atoms with Crippen LogP contribution in [0.25, 0.3) is 0 Å². The van der Waals surface area contributed by atoms with E-state index in [1.54, 1.807) is 18.9 Å². The van der Waals surface area contributed by atoms with Crippen molar-refractivity contribution in [2.75, 3.05) is 7.05 Å². The zero-order chi connectivity index (χ0) is 29.2. The van der Waals surface area contributed by atoms with Crippen molar-refractivity contribution in [2.45, 2.75) is 104 Å². The van der Waals surface area contributed by atoms with E-state index in [1.165, 1.54) is 16.7 Å². The van der Waals surface area contributed by atoms with Crippen molar-refractivity contribution in [3.05, 3.63) is 70.3 Å². The van der Waals surface area contributed by atoms with E-state index in [0.717, 1.165) is 30.4 Å². The minimum absolute atomic E-state index is 0.0753. The highest BCUT2D eigenvalue weighted by molar-refractivity contribution is 5.94. The Hall–Kier alpha value is -3.19. The van der Waals surface area contributed by atoms with E-state index in [2.05, 4.69) is 60.1 Å². The Kier molecular flexibility index (Phi) is 9.03. The lowest BCUT2D eigenvalue weighted by Crippen LogP contribution is -2.62. The Morgan fingerprint density at radius 3 is 2.38 bits per heavy atom. The molecule has 1 heterocycles. The molecule has 0 bridgehead atoms. The Bertz CT molecular complexity index is 1250. The average Bonchev–Trinajstić information content (AvgIpc) is 2.93. The number of carbonyl (C=O) groups is 3. The van der Waals surface area contributed by atoms with E-state index in [4.69, 9.17) is 0 Å². The third kappa shape index (κ3) is 6.41. The fraction of sp³-hybridized carbons (Fsp3) is 0.545. The number of likely N-dealkylation sites (N-methyl/N-ethyl adjacent to an activating group) is 1. The largest absolute Gasteiger partial charge is 0.347 e. The average molecular weight is 547 g/mol. The minimum atomic E-state index is -0.781. The Morgan fingerprint density at radius 1 is 0.975 bits per heavy atom. The van der Waals surface area contributed by atoms with Gasteiger partial charge in [-0.2, -0.15) is 0 Å². The second kappa shape index (κ2) is 12.1. The highest BCUT2D eigenvalue weighted by Gasteiger charge is 2.43. The SMILES string of the molecule is CN[C@@H](C)C(=O)N[C@H](C(=O)N1Cc2cc(C(C)C)ccc2C[C@H]1C(=O)N[C@@H]1CCCc2ccccc21)C(C)(C)C. The molecule has 0 aromatic heterocycles. The summed E-state index contributed by atoms with van der Waals surface area (Å²) in [5.41, 5.74) is 5.25. The van der Waals surface area contributed by atoms with Crippen molar-refractivity contribution in [1.82, 2.24) is 20.9 Å². The van der Waals surface area contributed by atoms with E-state index in [1.807, 2.05) is 32.9 Å². The molecule has 2 aromatic carbocycles. The zero-order valence-corrected chi connectivity index (χ0v) is 25.1. The summed E-state index contributed by atoms with van der Waals surface area (Å²) in [5.74, 6) is -0.258. The van der Waals surface area contributed by atoms with E-state index < -0.39 is 23.5 Å². The first-order valence-corrected chi connectivity index (χ1v) is 14.7. The number of hydrogen-bond donors (Lipinski definition) is 3. The first-order valence-electron chi connectivity index (χ1n) is 14.7. The van der Waals surface area contributed by atoms with Crippen LogP contribution < -0.4 is 16.0 Å². The van der Waals surface area contributed by atoms with Gasteiger partial charge in [-0.25, -0.2) is 0 Å². The smallest absolute Gasteiger partial charge is 0.246 e. The normalized spacial score (nSPS) is 20.2. The molecule has 7 heteroatoms. The Balaban J connectivity index is 1.68. The van der Waals surface area contributed by atoms with Crippen molar-refractivity contribution in [3.63, 3.8) is 0 Å². The molecule has 40 heavy (non-hydrogen) atoms. The standard InChI is InChI=1S/C33H46N4O3/c1-20(2)23-15-16-24-18-28(31(39)35-27-14-10-12-22-11-8-9-13-26(22)27)37(19-25(24)17-23)32(40)29(33(4,5)6)36-30(38)21(3)34-7/h8-9,11,13,15-17,20-21,27-29,34H,10,12,14,18-19H2,1-7H3,(H,35,39)(H,36,38)/t21-,27+,28-,29+/m0/s1. The molecule has 4 atom stereocenters. The minimum Gasteiger partial charge on any atom is -0.347 e. The van der Waals surface area contributed by atoms with Crippen LogP contribution in [0.4, 0.5) is 0 Å². The van der Waals surface area contributed by atoms with Crippen LogP contribution in [0, 0.1) is 5.41 Å². The molecule has 2 aliphatic rings. The second-order valence-corrected chi connectivity index (χ2v) is 12.8. The van der Waals surface area contributed by atoms with Gasteiger partial charge < -0.3 is 20.9 Å². The zero-order valence-electron chi connectivity index (χ0n) is 25.1. The quantitative estimate of drug-likeness (QED) is 0.480. The van der Waals surface area contributed by atoms with Gasteiger partial charge in [0.2, 0.25) is 17.7 Å². The summed E-state index contributed by atoms with van der Waals surface area (Å²) in [5, 5.41) is 9.24. The predicted octanol–water partition coefficient (Wildman–Crippen LogP) is 4.40. The van der Waals surface area contributed by atoms with Gasteiger partial charge >= 0.3 is 0 Å². The number of nitrogens with zero attached hydrogens (tertiary/aromatic N) is 1. The predicted molar refractivity (Wildman–Crippen MR) is 159 cm³/mol. The first-order chi connectivity index (χ1) is 18.9. The van der Waals surface area contributed by atoms with Gasteiger partial charge in [0, 0.05) is 13.0 Å². The molecule has 1 aliphatic carbocycles. The molecule has 0 spiro atoms. The highest BCUT2D eigenvalue weighted by Crippen LogP contribution is 2.33. The summed E-state index contributed by atoms with van der Waals surface area (Å²) in [6, 6.07) is 12.7. The number of benzene rings is 2. The van der Waals surface area contributed by atoms with Gasteiger partial charge in [-0.1, -0.05) is 77.1 Å². The van der Waals surface area contributed by atoms with Crippen LogP contribution in [0.15, 0.2) is 42.5 Å². The molecule has 0 fully saturated rings. The van der Waals surface area contributed by atoms with Gasteiger partial charge in [-0.05, 0) is 72.4 Å². The maximum atomic E-state index is 14.3. The van der Waals surface area contributed by atoms with Gasteiger partial charge in [-0.3, -0.25) is 14.4 Å². The molecular weight excluding hydrogens is 500 g/mol. The molecule has 3 amide bonds. The van der Waals surface area contributed by atoms with Gasteiger partial charge in [-0.15, -0.1) is 0 Å². The van der Waals surface area contributed by atoms with E-state index in [0.29, 0.717) is 18.9 Å². The Labute approximate surface area is 239 Å². The van der Waals surface area contributed by atoms with Crippen molar-refractivity contribution in [3.8, 4) is 0 Å². The van der Waals surface area contributed by atoms with E-state index in [-0.39, 0.29) is 23.8 Å². The third-order valence-electron chi connectivity index (χ3n) is 8.52. The molecule has 3 N–H and O–H groups in total. The van der Waals surface area contributed by atoms with Crippen LogP contribution in [-0.4, -0.2) is 47.8 Å². The van der Waals surface area contributed by atoms with Gasteiger partial charge in [0.25, 0.3) is 0 Å². The van der Waals surface area contributed by atoms with E-state index >= 15 is 0 Å². The summed E-state index contributed by atoms with van der Waals surface area (Å²) in [6.45, 7) is 12.2. The van der Waals surface area contributed by atoms with Crippen LogP contribution in [0.2, 0.25) is 0 Å². The summed E-state index contributed by atoms with van der Waals surface area (Å²) in [6.07, 6.45) is 3.34. The molecule has 7 nitrogen and oxygen atoms in total. The van der Waals surface area contributed by atoms with E-state index in [9.17, 15) is 14.4 Å². The molecule has 4 rings (SSSR count). The van der Waals surface area contributed by atoms with Crippen LogP contribution in [0.3, 0.4) is 0 Å². The number of carbonyl (C=O) groups excluding carboxylic acids is 3. The molecule has 0 saturated carbocycles. The second-order valence-electron chi connectivity index (χ2n) is 12.8. The number of rotatable bonds is 7. The van der Waals surface area contributed by atoms with Crippen molar-refractivity contribution in [2.24, 2.45) is 5.41 Å². The molecule has 0 radical (unpaired) electrons. The summed E-state index contributed by atoms with van der Waals surface area (Å²) < 4.78 is 0. The molecule has 216 valence electrons. The van der Waals surface area contributed by atoms with Crippen molar-refractivity contribution in [1.29, 1.82) is 0 Å². The molecular formula is C33H46N4O3. The molecule has 1 aliphatic heterocycles. The summed E-state index contributed by atoms with van der Waals surface area (Å²) in [7, 11) is 1.72. The van der Waals surface area contributed by atoms with Gasteiger partial charge in [0.05, 0.1) is 12.1 Å². The maximum absolute atomic E-state index is 14.3. The highest BCUT2D eigenvalue weighted by atomic mass is 16.2. The summed E-state index contributed by atoms with van der Waals surface area (Å²) in [4.78, 5) is 43.0. The molecule has 2 aromatic rings. The fourth-order valence-electron chi connectivity index (χ4n) is 5.81. The van der Waals surface area contributed by atoms with Crippen LogP contribution >= 0.6 is 0 Å². The van der Waals surface area contributed by atoms with Gasteiger partial charge in [0.15, 0.2) is 0 Å². The topological polar surface area (TPSA) is 90.5 Å². The number of fused-ring (bicyclic) bond motifs is 2. The van der Waals surface area contributed by atoms with Crippen LogP contribution in [0.5, 0.6) is 0 Å². The number of nitrogens with one attached hydrogen (secondary N) is 3. The number of hydrogen-bond acceptors (Lipinski definition) is 4. The number of amides is 3. The van der Waals surface area contributed by atoms with Gasteiger partial charge in [0.1, 0.15) is 12.1 Å². The monoisotopic (exact) mass is 546 g/mol. The van der Waals surface area contributed by atoms with Crippen LogP contribution in [0.1, 0.15) is 94.2 Å². The molecule has 0 unspecified atom stereocenters. The molecule has 0 saturated heterocycles. The lowest BCUT2D eigenvalue weighted by molar-refractivity contribution is -0.147. The first kappa shape index (κ1) is 29.8. The van der Waals surface area contributed by atoms with Crippen molar-refractivity contribution >= 4 is 17.7 Å². The lowest BCUT2D eigenvalue weighted by atomic mass is 9.83. The Morgan fingerprint density at radius 2 is 1.70 bits per heavy atom. The maximum Gasteiger partial charge on any atom is 0.246 e. The van der Waals surface area contributed by atoms with Crippen LogP contribution in [-0.2, 0) is 33.8 Å². The summed E-state index contributed by atoms with van der Waals surface area (Å²) >= 11 is 0. The van der Waals surface area contributed by atoms with Crippen molar-refractivity contribution < 1.29 is 14.4 Å². The third-order valence-corrected chi connectivity index (χ3v) is 8.52.